The third-order valence-electron chi connectivity index (χ3n) is 2.30. The number of aromatic nitrogens is 1. The molecule has 2 N–H and O–H groups in total. The minimum absolute atomic E-state index is 0.134. The summed E-state index contributed by atoms with van der Waals surface area (Å²) in [7, 11) is 1.41. The fourth-order valence-electron chi connectivity index (χ4n) is 1.45. The zero-order valence-electron chi connectivity index (χ0n) is 11.7. The Balaban J connectivity index is 2.97. The SMILES string of the molecule is CNC(C(=O)OC(C)(C)C)C(=O)c1cnc(O)c(F)c1. The van der Waals surface area contributed by atoms with Gasteiger partial charge in [0, 0.05) is 11.8 Å². The van der Waals surface area contributed by atoms with Crippen LogP contribution in [0, 0.1) is 5.82 Å². The molecule has 0 saturated carbocycles. The molecule has 0 radical (unpaired) electrons. The first-order valence-corrected chi connectivity index (χ1v) is 5.94. The number of hydrogen-bond acceptors (Lipinski definition) is 6. The van der Waals surface area contributed by atoms with Crippen LogP contribution in [0.4, 0.5) is 4.39 Å². The van der Waals surface area contributed by atoms with Gasteiger partial charge < -0.3 is 15.2 Å². The predicted molar refractivity (Wildman–Crippen MR) is 68.9 cm³/mol. The van der Waals surface area contributed by atoms with E-state index in [2.05, 4.69) is 10.3 Å². The van der Waals surface area contributed by atoms with Gasteiger partial charge in [0.25, 0.3) is 0 Å². The second-order valence-corrected chi connectivity index (χ2v) is 5.15. The molecule has 0 saturated heterocycles. The van der Waals surface area contributed by atoms with Gasteiger partial charge in [-0.1, -0.05) is 0 Å². The van der Waals surface area contributed by atoms with Gasteiger partial charge >= 0.3 is 5.97 Å². The molecule has 0 aromatic carbocycles. The van der Waals surface area contributed by atoms with Crippen LogP contribution in [0.3, 0.4) is 0 Å². The van der Waals surface area contributed by atoms with Crippen LogP contribution >= 0.6 is 0 Å². The van der Waals surface area contributed by atoms with Crippen LogP contribution in [0.2, 0.25) is 0 Å². The van der Waals surface area contributed by atoms with E-state index < -0.39 is 35.1 Å². The van der Waals surface area contributed by atoms with Crippen molar-refractivity contribution in [2.75, 3.05) is 7.05 Å². The van der Waals surface area contributed by atoms with E-state index in [1.807, 2.05) is 0 Å². The topological polar surface area (TPSA) is 88.5 Å². The van der Waals surface area contributed by atoms with Gasteiger partial charge in [-0.3, -0.25) is 4.79 Å². The molecule has 1 aromatic rings. The van der Waals surface area contributed by atoms with E-state index in [-0.39, 0.29) is 5.56 Å². The number of Topliss-reactive ketones (excluding diaryl/α,β-unsaturated/α-hetero) is 1. The molecule has 0 aliphatic carbocycles. The summed E-state index contributed by atoms with van der Waals surface area (Å²) in [6.07, 6.45) is 0.995. The highest BCUT2D eigenvalue weighted by Crippen LogP contribution is 2.15. The largest absolute Gasteiger partial charge is 0.491 e. The third-order valence-corrected chi connectivity index (χ3v) is 2.30. The van der Waals surface area contributed by atoms with Gasteiger partial charge in [0.1, 0.15) is 5.60 Å². The van der Waals surface area contributed by atoms with Gasteiger partial charge in [-0.05, 0) is 33.9 Å². The zero-order chi connectivity index (χ0) is 15.5. The smallest absolute Gasteiger partial charge is 0.331 e. The van der Waals surface area contributed by atoms with E-state index in [0.29, 0.717) is 0 Å². The Kier molecular flexibility index (Phi) is 4.78. The average molecular weight is 284 g/mol. The number of ether oxygens (including phenoxy) is 1. The molecular weight excluding hydrogens is 267 g/mol. The number of carbonyl (C=O) groups excluding carboxylic acids is 2. The molecule has 7 heteroatoms. The number of nitrogens with one attached hydrogen (secondary N) is 1. The Morgan fingerprint density at radius 1 is 1.45 bits per heavy atom. The number of carbonyl (C=O) groups is 2. The molecule has 1 rings (SSSR count). The molecule has 1 unspecified atom stereocenters. The fourth-order valence-corrected chi connectivity index (χ4v) is 1.45. The van der Waals surface area contributed by atoms with Gasteiger partial charge in [-0.25, -0.2) is 14.2 Å². The molecular formula is C13H17FN2O4. The minimum Gasteiger partial charge on any atom is -0.491 e. The number of pyridine rings is 1. The second-order valence-electron chi connectivity index (χ2n) is 5.15. The standard InChI is InChI=1S/C13H17FN2O4/c1-13(2,3)20-12(19)9(15-4)10(17)7-5-8(14)11(18)16-6-7/h5-6,9,15H,1-4H3,(H,16,18). The van der Waals surface area contributed by atoms with Crippen LogP contribution in [-0.2, 0) is 9.53 Å². The van der Waals surface area contributed by atoms with Crippen molar-refractivity contribution >= 4 is 11.8 Å². The number of ketones is 1. The van der Waals surface area contributed by atoms with Crippen molar-refractivity contribution in [1.29, 1.82) is 0 Å². The number of esters is 1. The third kappa shape index (κ3) is 3.99. The zero-order valence-corrected chi connectivity index (χ0v) is 11.7. The van der Waals surface area contributed by atoms with E-state index in [0.717, 1.165) is 12.3 Å². The first-order chi connectivity index (χ1) is 9.15. The lowest BCUT2D eigenvalue weighted by molar-refractivity contribution is -0.155. The number of halogens is 1. The Morgan fingerprint density at radius 2 is 2.05 bits per heavy atom. The highest BCUT2D eigenvalue weighted by molar-refractivity contribution is 6.12. The molecule has 0 fully saturated rings. The van der Waals surface area contributed by atoms with Crippen molar-refractivity contribution in [1.82, 2.24) is 10.3 Å². The van der Waals surface area contributed by atoms with Crippen molar-refractivity contribution in [2.24, 2.45) is 0 Å². The van der Waals surface area contributed by atoms with Crippen molar-refractivity contribution < 1.29 is 23.8 Å². The van der Waals surface area contributed by atoms with Crippen LogP contribution in [0.1, 0.15) is 31.1 Å². The van der Waals surface area contributed by atoms with E-state index >= 15 is 0 Å². The molecule has 1 heterocycles. The first-order valence-electron chi connectivity index (χ1n) is 5.94. The number of hydrogen-bond donors (Lipinski definition) is 2. The number of aromatic hydroxyl groups is 1. The van der Waals surface area contributed by atoms with Gasteiger partial charge in [0.15, 0.2) is 17.6 Å². The Morgan fingerprint density at radius 3 is 2.50 bits per heavy atom. The van der Waals surface area contributed by atoms with E-state index in [9.17, 15) is 14.0 Å². The molecule has 0 amide bonds. The summed E-state index contributed by atoms with van der Waals surface area (Å²) >= 11 is 0. The maximum Gasteiger partial charge on any atom is 0.331 e. The van der Waals surface area contributed by atoms with Crippen molar-refractivity contribution in [2.45, 2.75) is 32.4 Å². The molecule has 0 spiro atoms. The van der Waals surface area contributed by atoms with Crippen LogP contribution < -0.4 is 5.32 Å². The molecule has 1 aromatic heterocycles. The lowest BCUT2D eigenvalue weighted by Crippen LogP contribution is -2.45. The molecule has 6 nitrogen and oxygen atoms in total. The maximum absolute atomic E-state index is 13.2. The molecule has 1 atom stereocenters. The Bertz CT molecular complexity index is 526. The van der Waals surface area contributed by atoms with E-state index in [1.165, 1.54) is 7.05 Å². The van der Waals surface area contributed by atoms with Crippen LogP contribution in [0.25, 0.3) is 0 Å². The van der Waals surface area contributed by atoms with Gasteiger partial charge in [-0.15, -0.1) is 0 Å². The predicted octanol–water partition coefficient (Wildman–Crippen LogP) is 1.04. The normalized spacial score (nSPS) is 12.8. The fraction of sp³-hybridized carbons (Fsp3) is 0.462. The highest BCUT2D eigenvalue weighted by atomic mass is 19.1. The lowest BCUT2D eigenvalue weighted by Gasteiger charge is -2.23. The summed E-state index contributed by atoms with van der Waals surface area (Å²) in [4.78, 5) is 27.3. The number of rotatable bonds is 4. The van der Waals surface area contributed by atoms with Crippen molar-refractivity contribution in [3.8, 4) is 5.88 Å². The molecule has 0 bridgehead atoms. The summed E-state index contributed by atoms with van der Waals surface area (Å²) in [6, 6.07) is -0.445. The minimum atomic E-state index is -1.26. The highest BCUT2D eigenvalue weighted by Gasteiger charge is 2.31. The summed E-state index contributed by atoms with van der Waals surface area (Å²) < 4.78 is 18.3. The average Bonchev–Trinajstić information content (AvgIpc) is 2.31. The van der Waals surface area contributed by atoms with Gasteiger partial charge in [0.2, 0.25) is 5.88 Å². The first kappa shape index (κ1) is 16.0. The summed E-state index contributed by atoms with van der Waals surface area (Å²) in [5.41, 5.74) is -0.879. The number of nitrogens with zero attached hydrogens (tertiary/aromatic N) is 1. The molecule has 0 aliphatic heterocycles. The number of likely N-dealkylation sites (N-methyl/N-ethyl adjacent to an activating group) is 1. The van der Waals surface area contributed by atoms with Crippen LogP contribution in [0.5, 0.6) is 5.88 Å². The maximum atomic E-state index is 13.2. The Labute approximate surface area is 116 Å². The summed E-state index contributed by atoms with van der Waals surface area (Å²) in [6.45, 7) is 5.01. The van der Waals surface area contributed by atoms with Gasteiger partial charge in [-0.2, -0.15) is 0 Å². The van der Waals surface area contributed by atoms with E-state index in [4.69, 9.17) is 9.84 Å². The molecule has 20 heavy (non-hydrogen) atoms. The van der Waals surface area contributed by atoms with Gasteiger partial charge in [0.05, 0.1) is 0 Å². The van der Waals surface area contributed by atoms with E-state index in [1.54, 1.807) is 20.8 Å². The Hall–Kier alpha value is -2.02. The van der Waals surface area contributed by atoms with Crippen LogP contribution in [-0.4, -0.2) is 40.5 Å². The quantitative estimate of drug-likeness (QED) is 0.488. The van der Waals surface area contributed by atoms with Crippen molar-refractivity contribution in [3.05, 3.63) is 23.6 Å². The summed E-state index contributed by atoms with van der Waals surface area (Å²) in [5.74, 6) is -3.29. The molecule has 110 valence electrons. The second kappa shape index (κ2) is 5.96. The lowest BCUT2D eigenvalue weighted by atomic mass is 10.1. The molecule has 0 aliphatic rings. The monoisotopic (exact) mass is 284 g/mol. The summed E-state index contributed by atoms with van der Waals surface area (Å²) in [5, 5.41) is 11.5. The van der Waals surface area contributed by atoms with Crippen molar-refractivity contribution in [3.63, 3.8) is 0 Å². The van der Waals surface area contributed by atoms with Crippen LogP contribution in [0.15, 0.2) is 12.3 Å².